The SMILES string of the molecule is Cc1ccc(C)c(-n2c(S[C@H](C(=O)N3CCCCC3)c3ccccc3)nc3ccccc3c2=O)c1. The lowest BCUT2D eigenvalue weighted by molar-refractivity contribution is -0.131. The normalized spacial score (nSPS) is 14.7. The van der Waals surface area contributed by atoms with E-state index in [2.05, 4.69) is 0 Å². The van der Waals surface area contributed by atoms with E-state index in [1.54, 1.807) is 4.57 Å². The molecule has 1 amide bonds. The van der Waals surface area contributed by atoms with Gasteiger partial charge in [-0.25, -0.2) is 4.98 Å². The Morgan fingerprint density at radius 3 is 2.40 bits per heavy atom. The molecule has 1 aliphatic rings. The number of nitrogens with zero attached hydrogens (tertiary/aromatic N) is 3. The molecule has 0 spiro atoms. The van der Waals surface area contributed by atoms with Crippen LogP contribution in [0.3, 0.4) is 0 Å². The van der Waals surface area contributed by atoms with Crippen LogP contribution in [0.4, 0.5) is 0 Å². The van der Waals surface area contributed by atoms with Gasteiger partial charge in [0, 0.05) is 13.1 Å². The van der Waals surface area contributed by atoms with Crippen molar-refractivity contribution in [1.82, 2.24) is 14.5 Å². The maximum atomic E-state index is 13.8. The van der Waals surface area contributed by atoms with Crippen LogP contribution in [0.1, 0.15) is 41.2 Å². The number of fused-ring (bicyclic) bond motifs is 1. The molecule has 35 heavy (non-hydrogen) atoms. The number of piperidine rings is 1. The molecule has 0 bridgehead atoms. The van der Waals surface area contributed by atoms with E-state index in [4.69, 9.17) is 4.98 Å². The lowest BCUT2D eigenvalue weighted by Crippen LogP contribution is -2.38. The first kappa shape index (κ1) is 23.4. The number of benzene rings is 3. The van der Waals surface area contributed by atoms with Crippen molar-refractivity contribution in [2.75, 3.05) is 13.1 Å². The summed E-state index contributed by atoms with van der Waals surface area (Å²) in [5.74, 6) is 0.0795. The third-order valence-electron chi connectivity index (χ3n) is 6.57. The molecule has 1 saturated heterocycles. The van der Waals surface area contributed by atoms with Crippen molar-refractivity contribution in [2.24, 2.45) is 0 Å². The van der Waals surface area contributed by atoms with Crippen LogP contribution in [0.15, 0.2) is 82.7 Å². The summed E-state index contributed by atoms with van der Waals surface area (Å²) in [4.78, 5) is 34.5. The average molecular weight is 484 g/mol. The van der Waals surface area contributed by atoms with Crippen molar-refractivity contribution in [2.45, 2.75) is 43.5 Å². The number of aryl methyl sites for hydroxylation is 2. The van der Waals surface area contributed by atoms with E-state index in [0.29, 0.717) is 16.1 Å². The van der Waals surface area contributed by atoms with E-state index in [9.17, 15) is 9.59 Å². The number of aromatic nitrogens is 2. The minimum absolute atomic E-state index is 0.0795. The third-order valence-corrected chi connectivity index (χ3v) is 7.76. The Morgan fingerprint density at radius 2 is 1.63 bits per heavy atom. The fourth-order valence-corrected chi connectivity index (χ4v) is 5.83. The van der Waals surface area contributed by atoms with Crippen molar-refractivity contribution in [3.63, 3.8) is 0 Å². The first-order valence-electron chi connectivity index (χ1n) is 12.1. The first-order valence-corrected chi connectivity index (χ1v) is 13.0. The summed E-state index contributed by atoms with van der Waals surface area (Å²) in [7, 11) is 0. The van der Waals surface area contributed by atoms with E-state index in [0.717, 1.165) is 54.7 Å². The van der Waals surface area contributed by atoms with Crippen LogP contribution in [0.2, 0.25) is 0 Å². The maximum absolute atomic E-state index is 13.8. The van der Waals surface area contributed by atoms with Crippen molar-refractivity contribution >= 4 is 28.6 Å². The van der Waals surface area contributed by atoms with Crippen molar-refractivity contribution < 1.29 is 4.79 Å². The van der Waals surface area contributed by atoms with Crippen LogP contribution in [-0.4, -0.2) is 33.4 Å². The van der Waals surface area contributed by atoms with Crippen LogP contribution in [0.25, 0.3) is 16.6 Å². The molecule has 0 aliphatic carbocycles. The van der Waals surface area contributed by atoms with Crippen molar-refractivity contribution in [3.05, 3.63) is 99.8 Å². The van der Waals surface area contributed by atoms with Crippen molar-refractivity contribution in [3.8, 4) is 5.69 Å². The van der Waals surface area contributed by atoms with E-state index in [1.807, 2.05) is 91.5 Å². The molecular formula is C29H29N3O2S. The van der Waals surface area contributed by atoms with Crippen LogP contribution in [0.5, 0.6) is 0 Å². The largest absolute Gasteiger partial charge is 0.341 e. The third kappa shape index (κ3) is 4.76. The quantitative estimate of drug-likeness (QED) is 0.264. The van der Waals surface area contributed by atoms with Gasteiger partial charge in [0.25, 0.3) is 5.56 Å². The molecule has 4 aromatic rings. The second-order valence-corrected chi connectivity index (χ2v) is 10.2. The van der Waals surface area contributed by atoms with Gasteiger partial charge in [-0.2, -0.15) is 0 Å². The zero-order valence-corrected chi connectivity index (χ0v) is 20.9. The Morgan fingerprint density at radius 1 is 0.914 bits per heavy atom. The van der Waals surface area contributed by atoms with Crippen LogP contribution >= 0.6 is 11.8 Å². The molecule has 1 aromatic heterocycles. The highest BCUT2D eigenvalue weighted by molar-refractivity contribution is 8.00. The number of para-hydroxylation sites is 1. The summed E-state index contributed by atoms with van der Waals surface area (Å²) in [6, 6.07) is 23.3. The average Bonchev–Trinajstić information content (AvgIpc) is 2.90. The molecule has 5 rings (SSSR count). The maximum Gasteiger partial charge on any atom is 0.266 e. The fourth-order valence-electron chi connectivity index (χ4n) is 4.64. The van der Waals surface area contributed by atoms with Gasteiger partial charge in [-0.1, -0.05) is 66.4 Å². The standard InChI is InChI=1S/C29H29N3O2S/c1-20-15-16-21(2)25(19-20)32-27(33)23-13-7-8-14-24(23)30-29(32)35-26(22-11-5-3-6-12-22)28(34)31-17-9-4-10-18-31/h3,5-8,11-16,19,26H,4,9-10,17-18H2,1-2H3/t26-/m0/s1. The van der Waals surface area contributed by atoms with Crippen molar-refractivity contribution in [1.29, 1.82) is 0 Å². The van der Waals surface area contributed by atoms with Gasteiger partial charge in [0.2, 0.25) is 5.91 Å². The summed E-state index contributed by atoms with van der Waals surface area (Å²) >= 11 is 1.37. The Balaban J connectivity index is 1.68. The molecule has 6 heteroatoms. The van der Waals surface area contributed by atoms with E-state index >= 15 is 0 Å². The summed E-state index contributed by atoms with van der Waals surface area (Å²) in [5.41, 5.74) is 4.28. The van der Waals surface area contributed by atoms with Crippen LogP contribution in [-0.2, 0) is 4.79 Å². The highest BCUT2D eigenvalue weighted by atomic mass is 32.2. The van der Waals surface area contributed by atoms with Gasteiger partial charge in [0.1, 0.15) is 5.25 Å². The van der Waals surface area contributed by atoms with Crippen LogP contribution in [0, 0.1) is 13.8 Å². The number of carbonyl (C=O) groups is 1. The van der Waals surface area contributed by atoms with Gasteiger partial charge in [-0.15, -0.1) is 0 Å². The number of likely N-dealkylation sites (tertiary alicyclic amines) is 1. The summed E-state index contributed by atoms with van der Waals surface area (Å²) in [6.45, 7) is 5.57. The summed E-state index contributed by atoms with van der Waals surface area (Å²) in [6.07, 6.45) is 3.21. The minimum atomic E-state index is -0.487. The zero-order valence-electron chi connectivity index (χ0n) is 20.1. The number of carbonyl (C=O) groups excluding carboxylic acids is 1. The second-order valence-electron chi connectivity index (χ2n) is 9.14. The van der Waals surface area contributed by atoms with Crippen LogP contribution < -0.4 is 5.56 Å². The molecule has 2 heterocycles. The Bertz CT molecular complexity index is 1430. The molecule has 5 nitrogen and oxygen atoms in total. The number of amides is 1. The Kier molecular flexibility index (Phi) is 6.73. The summed E-state index contributed by atoms with van der Waals surface area (Å²) < 4.78 is 1.69. The molecule has 0 N–H and O–H groups in total. The van der Waals surface area contributed by atoms with Gasteiger partial charge in [0.05, 0.1) is 16.6 Å². The topological polar surface area (TPSA) is 55.2 Å². The van der Waals surface area contributed by atoms with Gasteiger partial charge < -0.3 is 4.90 Å². The monoisotopic (exact) mass is 483 g/mol. The van der Waals surface area contributed by atoms with E-state index in [-0.39, 0.29) is 11.5 Å². The predicted molar refractivity (Wildman–Crippen MR) is 142 cm³/mol. The highest BCUT2D eigenvalue weighted by Gasteiger charge is 2.30. The first-order chi connectivity index (χ1) is 17.0. The predicted octanol–water partition coefficient (Wildman–Crippen LogP) is 5.85. The Hall–Kier alpha value is -3.38. The number of thioether (sulfide) groups is 1. The number of rotatable bonds is 5. The van der Waals surface area contributed by atoms with Gasteiger partial charge >= 0.3 is 0 Å². The lowest BCUT2D eigenvalue weighted by Gasteiger charge is -2.30. The molecule has 1 atom stereocenters. The van der Waals surface area contributed by atoms with Gasteiger partial charge in [-0.3, -0.25) is 14.2 Å². The van der Waals surface area contributed by atoms with Gasteiger partial charge in [0.15, 0.2) is 5.16 Å². The zero-order chi connectivity index (χ0) is 24.4. The molecule has 0 unspecified atom stereocenters. The lowest BCUT2D eigenvalue weighted by atomic mass is 10.1. The molecule has 1 aliphatic heterocycles. The number of hydrogen-bond donors (Lipinski definition) is 0. The molecule has 0 radical (unpaired) electrons. The molecule has 0 saturated carbocycles. The fraction of sp³-hybridized carbons (Fsp3) is 0.276. The van der Waals surface area contributed by atoms with E-state index in [1.165, 1.54) is 11.8 Å². The number of hydrogen-bond acceptors (Lipinski definition) is 4. The second kappa shape index (κ2) is 10.1. The van der Waals surface area contributed by atoms with Gasteiger partial charge in [-0.05, 0) is 68.0 Å². The smallest absolute Gasteiger partial charge is 0.266 e. The molecule has 3 aromatic carbocycles. The Labute approximate surface area is 209 Å². The minimum Gasteiger partial charge on any atom is -0.341 e. The summed E-state index contributed by atoms with van der Waals surface area (Å²) in [5, 5.41) is 0.608. The molecular weight excluding hydrogens is 454 g/mol. The molecule has 1 fully saturated rings. The molecule has 178 valence electrons. The van der Waals surface area contributed by atoms with E-state index < -0.39 is 5.25 Å². The highest BCUT2D eigenvalue weighted by Crippen LogP contribution is 2.37.